The molecule has 2 atom stereocenters. The summed E-state index contributed by atoms with van der Waals surface area (Å²) < 4.78 is 0.775. The van der Waals surface area contributed by atoms with Gasteiger partial charge in [-0.1, -0.05) is 31.9 Å². The Labute approximate surface area is 122 Å². The molecule has 1 saturated carbocycles. The van der Waals surface area contributed by atoms with E-state index in [1.165, 1.54) is 6.42 Å². The summed E-state index contributed by atoms with van der Waals surface area (Å²) in [4.78, 5) is 12.1. The van der Waals surface area contributed by atoms with Gasteiger partial charge < -0.3 is 10.4 Å². The van der Waals surface area contributed by atoms with Crippen LogP contribution in [0.1, 0.15) is 43.0 Å². The Balaban J connectivity index is 1.95. The molecule has 1 aliphatic carbocycles. The zero-order valence-electron chi connectivity index (χ0n) is 11.2. The van der Waals surface area contributed by atoms with Gasteiger partial charge in [0.1, 0.15) is 0 Å². The normalized spacial score (nSPS) is 27.0. The number of benzene rings is 1. The molecule has 2 unspecified atom stereocenters. The summed E-state index contributed by atoms with van der Waals surface area (Å²) in [5.74, 6) is 0.387. The molecule has 1 amide bonds. The first-order valence-corrected chi connectivity index (χ1v) is 7.55. The summed E-state index contributed by atoms with van der Waals surface area (Å²) in [5, 5.41) is 13.3. The lowest BCUT2D eigenvalue weighted by molar-refractivity contribution is -0.0109. The number of amides is 1. The van der Waals surface area contributed by atoms with E-state index in [1.54, 1.807) is 6.07 Å². The molecule has 0 bridgehead atoms. The minimum atomic E-state index is -0.741. The zero-order chi connectivity index (χ0) is 13.9. The lowest BCUT2D eigenvalue weighted by Crippen LogP contribution is -2.45. The second-order valence-corrected chi connectivity index (χ2v) is 6.44. The van der Waals surface area contributed by atoms with Crippen molar-refractivity contribution in [1.82, 2.24) is 5.32 Å². The van der Waals surface area contributed by atoms with E-state index >= 15 is 0 Å². The van der Waals surface area contributed by atoms with Crippen LogP contribution in [-0.4, -0.2) is 23.2 Å². The van der Waals surface area contributed by atoms with E-state index in [4.69, 9.17) is 0 Å². The van der Waals surface area contributed by atoms with Gasteiger partial charge in [-0.15, -0.1) is 0 Å². The predicted molar refractivity (Wildman–Crippen MR) is 79.1 cm³/mol. The molecule has 1 aromatic rings. The molecule has 19 heavy (non-hydrogen) atoms. The fourth-order valence-corrected chi connectivity index (χ4v) is 3.24. The second-order valence-electron chi connectivity index (χ2n) is 5.59. The molecule has 1 fully saturated rings. The predicted octanol–water partition coefficient (Wildman–Crippen LogP) is 3.12. The zero-order valence-corrected chi connectivity index (χ0v) is 12.7. The molecule has 0 heterocycles. The van der Waals surface area contributed by atoms with Gasteiger partial charge >= 0.3 is 0 Å². The summed E-state index contributed by atoms with van der Waals surface area (Å²) in [5.41, 5.74) is -0.135. The Kier molecular flexibility index (Phi) is 4.63. The van der Waals surface area contributed by atoms with Crippen molar-refractivity contribution in [1.29, 1.82) is 0 Å². The molecule has 0 radical (unpaired) electrons. The standard InChI is InChI=1S/C15H20BrNO2/c1-11-5-4-8-15(19,9-11)10-17-14(18)12-6-2-3-7-13(12)16/h2-3,6-7,11,19H,4-5,8-10H2,1H3,(H,17,18). The number of carbonyl (C=O) groups excluding carboxylic acids is 1. The molecule has 104 valence electrons. The fraction of sp³-hybridized carbons (Fsp3) is 0.533. The van der Waals surface area contributed by atoms with Crippen LogP contribution in [0.2, 0.25) is 0 Å². The van der Waals surface area contributed by atoms with E-state index in [0.29, 0.717) is 18.0 Å². The minimum Gasteiger partial charge on any atom is -0.388 e. The second kappa shape index (κ2) is 6.06. The molecule has 0 aliphatic heterocycles. The highest BCUT2D eigenvalue weighted by molar-refractivity contribution is 9.10. The average molecular weight is 326 g/mol. The van der Waals surface area contributed by atoms with Crippen LogP contribution in [0, 0.1) is 5.92 Å². The number of hydrogen-bond acceptors (Lipinski definition) is 2. The summed E-state index contributed by atoms with van der Waals surface area (Å²) in [6.07, 6.45) is 3.74. The van der Waals surface area contributed by atoms with Crippen LogP contribution in [0.5, 0.6) is 0 Å². The van der Waals surface area contributed by atoms with Gasteiger partial charge in [0.15, 0.2) is 0 Å². The molecule has 4 heteroatoms. The summed E-state index contributed by atoms with van der Waals surface area (Å²) >= 11 is 3.36. The number of nitrogens with one attached hydrogen (secondary N) is 1. The monoisotopic (exact) mass is 325 g/mol. The van der Waals surface area contributed by atoms with Gasteiger partial charge in [0.05, 0.1) is 11.2 Å². The number of aliphatic hydroxyl groups is 1. The highest BCUT2D eigenvalue weighted by Gasteiger charge is 2.32. The molecule has 2 rings (SSSR count). The SMILES string of the molecule is CC1CCCC(O)(CNC(=O)c2ccccc2Br)C1. The maximum Gasteiger partial charge on any atom is 0.252 e. The molecule has 1 aromatic carbocycles. The number of halogens is 1. The lowest BCUT2D eigenvalue weighted by atomic mass is 9.79. The molecular formula is C15H20BrNO2. The van der Waals surface area contributed by atoms with Crippen LogP contribution in [0.15, 0.2) is 28.7 Å². The van der Waals surface area contributed by atoms with Crippen molar-refractivity contribution in [2.75, 3.05) is 6.54 Å². The van der Waals surface area contributed by atoms with Gasteiger partial charge in [0, 0.05) is 11.0 Å². The third-order valence-corrected chi connectivity index (χ3v) is 4.46. The molecule has 2 N–H and O–H groups in total. The van der Waals surface area contributed by atoms with Crippen molar-refractivity contribution in [2.45, 2.75) is 38.2 Å². The van der Waals surface area contributed by atoms with Crippen molar-refractivity contribution in [2.24, 2.45) is 5.92 Å². The van der Waals surface area contributed by atoms with Gasteiger partial charge in [-0.05, 0) is 46.8 Å². The Bertz CT molecular complexity index is 463. The largest absolute Gasteiger partial charge is 0.388 e. The average Bonchev–Trinajstić information content (AvgIpc) is 2.36. The van der Waals surface area contributed by atoms with Crippen molar-refractivity contribution in [3.05, 3.63) is 34.3 Å². The van der Waals surface area contributed by atoms with E-state index < -0.39 is 5.60 Å². The summed E-state index contributed by atoms with van der Waals surface area (Å²) in [6, 6.07) is 7.31. The van der Waals surface area contributed by atoms with Gasteiger partial charge in [0.2, 0.25) is 0 Å². The van der Waals surface area contributed by atoms with Crippen LogP contribution in [0.3, 0.4) is 0 Å². The van der Waals surface area contributed by atoms with E-state index in [0.717, 1.165) is 23.7 Å². The first-order chi connectivity index (χ1) is 9.00. The minimum absolute atomic E-state index is 0.140. The van der Waals surface area contributed by atoms with Gasteiger partial charge in [-0.25, -0.2) is 0 Å². The highest BCUT2D eigenvalue weighted by atomic mass is 79.9. The van der Waals surface area contributed by atoms with Gasteiger partial charge in [0.25, 0.3) is 5.91 Å². The maximum absolute atomic E-state index is 12.1. The fourth-order valence-electron chi connectivity index (χ4n) is 2.78. The van der Waals surface area contributed by atoms with E-state index in [-0.39, 0.29) is 5.91 Å². The van der Waals surface area contributed by atoms with Gasteiger partial charge in [-0.3, -0.25) is 4.79 Å². The first-order valence-electron chi connectivity index (χ1n) is 6.75. The third kappa shape index (κ3) is 3.80. The summed E-state index contributed by atoms with van der Waals surface area (Å²) in [6.45, 7) is 2.48. The quantitative estimate of drug-likeness (QED) is 0.897. The van der Waals surface area contributed by atoms with Crippen molar-refractivity contribution in [3.63, 3.8) is 0 Å². The first kappa shape index (κ1) is 14.5. The van der Waals surface area contributed by atoms with E-state index in [1.807, 2.05) is 18.2 Å². The maximum atomic E-state index is 12.1. The molecule has 1 aliphatic rings. The number of hydrogen-bond donors (Lipinski definition) is 2. The van der Waals surface area contributed by atoms with Gasteiger partial charge in [-0.2, -0.15) is 0 Å². The number of rotatable bonds is 3. The Morgan fingerprint density at radius 1 is 1.53 bits per heavy atom. The van der Waals surface area contributed by atoms with Crippen LogP contribution < -0.4 is 5.32 Å². The van der Waals surface area contributed by atoms with Crippen LogP contribution in [0.4, 0.5) is 0 Å². The molecule has 0 saturated heterocycles. The van der Waals surface area contributed by atoms with Crippen molar-refractivity contribution >= 4 is 21.8 Å². The molecule has 0 spiro atoms. The van der Waals surface area contributed by atoms with E-state index in [2.05, 4.69) is 28.2 Å². The smallest absolute Gasteiger partial charge is 0.252 e. The topological polar surface area (TPSA) is 49.3 Å². The van der Waals surface area contributed by atoms with Crippen molar-refractivity contribution in [3.8, 4) is 0 Å². The summed E-state index contributed by atoms with van der Waals surface area (Å²) in [7, 11) is 0. The van der Waals surface area contributed by atoms with E-state index in [9.17, 15) is 9.90 Å². The van der Waals surface area contributed by atoms with Crippen LogP contribution in [-0.2, 0) is 0 Å². The Morgan fingerprint density at radius 3 is 2.95 bits per heavy atom. The molecule has 0 aromatic heterocycles. The molecular weight excluding hydrogens is 306 g/mol. The Morgan fingerprint density at radius 2 is 2.26 bits per heavy atom. The van der Waals surface area contributed by atoms with Crippen LogP contribution in [0.25, 0.3) is 0 Å². The van der Waals surface area contributed by atoms with Crippen LogP contribution >= 0.6 is 15.9 Å². The Hall–Kier alpha value is -0.870. The third-order valence-electron chi connectivity index (χ3n) is 3.76. The highest BCUT2D eigenvalue weighted by Crippen LogP contribution is 2.31. The number of carbonyl (C=O) groups is 1. The van der Waals surface area contributed by atoms with Crippen molar-refractivity contribution < 1.29 is 9.90 Å². The molecule has 3 nitrogen and oxygen atoms in total. The lowest BCUT2D eigenvalue weighted by Gasteiger charge is -2.35.